The molecular weight excluding hydrogens is 246 g/mol. The van der Waals surface area contributed by atoms with Crippen molar-refractivity contribution in [3.63, 3.8) is 0 Å². The molecule has 2 rings (SSSR count). The molecule has 1 fully saturated rings. The minimum Gasteiger partial charge on any atom is -0.452 e. The zero-order valence-electron chi connectivity index (χ0n) is 10.6. The molecule has 1 aromatic rings. The first-order valence-corrected chi connectivity index (χ1v) is 6.17. The van der Waals surface area contributed by atoms with Gasteiger partial charge in [-0.15, -0.1) is 0 Å². The lowest BCUT2D eigenvalue weighted by molar-refractivity contribution is -0.133. The van der Waals surface area contributed by atoms with Gasteiger partial charge in [-0.05, 0) is 31.0 Å². The Bertz CT molecular complexity index is 476. The van der Waals surface area contributed by atoms with Crippen molar-refractivity contribution in [2.24, 2.45) is 0 Å². The molecule has 4 N–H and O–H groups in total. The van der Waals surface area contributed by atoms with Gasteiger partial charge < -0.3 is 21.1 Å². The van der Waals surface area contributed by atoms with Crippen LogP contribution in [0.3, 0.4) is 0 Å². The smallest absolute Gasteiger partial charge is 0.338 e. The lowest BCUT2D eigenvalue weighted by Crippen LogP contribution is -2.32. The summed E-state index contributed by atoms with van der Waals surface area (Å²) in [7, 11) is 0. The van der Waals surface area contributed by atoms with Crippen LogP contribution in [0.1, 0.15) is 23.2 Å². The van der Waals surface area contributed by atoms with Crippen LogP contribution in [0.5, 0.6) is 0 Å². The highest BCUT2D eigenvalue weighted by atomic mass is 16.5. The molecular formula is C13H17N3O3. The molecule has 1 heterocycles. The summed E-state index contributed by atoms with van der Waals surface area (Å²) in [5, 5.41) is 0. The van der Waals surface area contributed by atoms with Gasteiger partial charge in [0.15, 0.2) is 6.61 Å². The fraction of sp³-hybridized carbons (Fsp3) is 0.385. The molecule has 6 nitrogen and oxygen atoms in total. The summed E-state index contributed by atoms with van der Waals surface area (Å²) in [6.07, 6.45) is 2.01. The third-order valence-corrected chi connectivity index (χ3v) is 3.00. The van der Waals surface area contributed by atoms with Crippen LogP contribution in [-0.2, 0) is 9.53 Å². The standard InChI is InChI=1S/C13H17N3O3/c14-10-5-9(6-11(15)7-10)13(18)19-8-12(17)16-3-1-2-4-16/h5-7H,1-4,8,14-15H2. The van der Waals surface area contributed by atoms with Gasteiger partial charge in [-0.25, -0.2) is 4.79 Å². The quantitative estimate of drug-likeness (QED) is 0.615. The Labute approximate surface area is 111 Å². The summed E-state index contributed by atoms with van der Waals surface area (Å²) in [6.45, 7) is 1.23. The van der Waals surface area contributed by atoms with E-state index in [2.05, 4.69) is 0 Å². The number of hydrogen-bond acceptors (Lipinski definition) is 5. The van der Waals surface area contributed by atoms with E-state index in [9.17, 15) is 9.59 Å². The van der Waals surface area contributed by atoms with Gasteiger partial charge in [-0.2, -0.15) is 0 Å². The van der Waals surface area contributed by atoms with Crippen molar-refractivity contribution < 1.29 is 14.3 Å². The van der Waals surface area contributed by atoms with Gasteiger partial charge in [0.05, 0.1) is 5.56 Å². The maximum absolute atomic E-state index is 11.8. The second kappa shape index (κ2) is 5.60. The van der Waals surface area contributed by atoms with Crippen LogP contribution in [0.4, 0.5) is 11.4 Å². The molecule has 1 aromatic carbocycles. The van der Waals surface area contributed by atoms with Crippen LogP contribution in [0, 0.1) is 0 Å². The Balaban J connectivity index is 1.91. The SMILES string of the molecule is Nc1cc(N)cc(C(=O)OCC(=O)N2CCCC2)c1. The van der Waals surface area contributed by atoms with Crippen molar-refractivity contribution in [2.45, 2.75) is 12.8 Å². The van der Waals surface area contributed by atoms with Gasteiger partial charge in [0, 0.05) is 24.5 Å². The second-order valence-corrected chi connectivity index (χ2v) is 4.55. The zero-order valence-corrected chi connectivity index (χ0v) is 10.6. The molecule has 0 unspecified atom stereocenters. The van der Waals surface area contributed by atoms with Crippen molar-refractivity contribution in [1.82, 2.24) is 4.90 Å². The van der Waals surface area contributed by atoms with Crippen molar-refractivity contribution in [3.8, 4) is 0 Å². The fourth-order valence-corrected chi connectivity index (χ4v) is 2.06. The average molecular weight is 263 g/mol. The summed E-state index contributed by atoms with van der Waals surface area (Å²) in [5.74, 6) is -0.755. The minimum absolute atomic E-state index is 0.164. The highest BCUT2D eigenvalue weighted by Crippen LogP contribution is 2.15. The van der Waals surface area contributed by atoms with Crippen LogP contribution in [0.2, 0.25) is 0 Å². The first kappa shape index (κ1) is 13.2. The minimum atomic E-state index is -0.591. The molecule has 1 amide bonds. The number of amides is 1. The van der Waals surface area contributed by atoms with E-state index in [1.54, 1.807) is 11.0 Å². The predicted molar refractivity (Wildman–Crippen MR) is 71.4 cm³/mol. The number of rotatable bonds is 3. The molecule has 0 saturated carbocycles. The van der Waals surface area contributed by atoms with E-state index in [0.29, 0.717) is 11.4 Å². The van der Waals surface area contributed by atoms with Crippen LogP contribution >= 0.6 is 0 Å². The van der Waals surface area contributed by atoms with E-state index < -0.39 is 5.97 Å². The molecule has 0 aliphatic carbocycles. The van der Waals surface area contributed by atoms with Gasteiger partial charge >= 0.3 is 5.97 Å². The Morgan fingerprint density at radius 3 is 2.26 bits per heavy atom. The number of carbonyl (C=O) groups excluding carboxylic acids is 2. The van der Waals surface area contributed by atoms with Gasteiger partial charge in [0.2, 0.25) is 0 Å². The van der Waals surface area contributed by atoms with E-state index in [1.807, 2.05) is 0 Å². The monoisotopic (exact) mass is 263 g/mol. The molecule has 1 aliphatic heterocycles. The third-order valence-electron chi connectivity index (χ3n) is 3.00. The van der Waals surface area contributed by atoms with Crippen molar-refractivity contribution >= 4 is 23.3 Å². The molecule has 1 aliphatic rings. The topological polar surface area (TPSA) is 98.6 Å². The van der Waals surface area contributed by atoms with E-state index in [4.69, 9.17) is 16.2 Å². The first-order valence-electron chi connectivity index (χ1n) is 6.17. The van der Waals surface area contributed by atoms with Gasteiger partial charge in [0.1, 0.15) is 0 Å². The molecule has 0 atom stereocenters. The van der Waals surface area contributed by atoms with Crippen molar-refractivity contribution in [2.75, 3.05) is 31.2 Å². The van der Waals surface area contributed by atoms with Crippen molar-refractivity contribution in [1.29, 1.82) is 0 Å². The lowest BCUT2D eigenvalue weighted by atomic mass is 10.2. The van der Waals surface area contributed by atoms with E-state index in [1.165, 1.54) is 12.1 Å². The van der Waals surface area contributed by atoms with E-state index >= 15 is 0 Å². The predicted octanol–water partition coefficient (Wildman–Crippen LogP) is 0.630. The summed E-state index contributed by atoms with van der Waals surface area (Å²) in [4.78, 5) is 25.2. The summed E-state index contributed by atoms with van der Waals surface area (Å²) < 4.78 is 4.97. The van der Waals surface area contributed by atoms with Gasteiger partial charge in [-0.3, -0.25) is 4.79 Å². The zero-order chi connectivity index (χ0) is 13.8. The first-order chi connectivity index (χ1) is 9.06. The van der Waals surface area contributed by atoms with Gasteiger partial charge in [-0.1, -0.05) is 0 Å². The number of carbonyl (C=O) groups is 2. The summed E-state index contributed by atoms with van der Waals surface area (Å²) in [6, 6.07) is 4.49. The average Bonchev–Trinajstić information content (AvgIpc) is 2.88. The molecule has 0 radical (unpaired) electrons. The number of hydrogen-bond donors (Lipinski definition) is 2. The molecule has 102 valence electrons. The number of esters is 1. The highest BCUT2D eigenvalue weighted by Gasteiger charge is 2.19. The number of nitrogen functional groups attached to an aromatic ring is 2. The number of ether oxygens (including phenoxy) is 1. The molecule has 1 saturated heterocycles. The fourth-order valence-electron chi connectivity index (χ4n) is 2.06. The van der Waals surface area contributed by atoms with Gasteiger partial charge in [0.25, 0.3) is 5.91 Å². The molecule has 0 bridgehead atoms. The van der Waals surface area contributed by atoms with Crippen LogP contribution in [0.15, 0.2) is 18.2 Å². The van der Waals surface area contributed by atoms with Crippen LogP contribution in [-0.4, -0.2) is 36.5 Å². The van der Waals surface area contributed by atoms with E-state index in [-0.39, 0.29) is 18.1 Å². The van der Waals surface area contributed by atoms with E-state index in [0.717, 1.165) is 25.9 Å². The maximum Gasteiger partial charge on any atom is 0.338 e. The van der Waals surface area contributed by atoms with Crippen LogP contribution < -0.4 is 11.5 Å². The number of likely N-dealkylation sites (tertiary alicyclic amines) is 1. The van der Waals surface area contributed by atoms with Crippen LogP contribution in [0.25, 0.3) is 0 Å². The Morgan fingerprint density at radius 2 is 1.68 bits per heavy atom. The highest BCUT2D eigenvalue weighted by molar-refractivity contribution is 5.93. The third kappa shape index (κ3) is 3.37. The molecule has 19 heavy (non-hydrogen) atoms. The molecule has 0 spiro atoms. The normalized spacial score (nSPS) is 14.4. The Kier molecular flexibility index (Phi) is 3.89. The number of anilines is 2. The Morgan fingerprint density at radius 1 is 1.11 bits per heavy atom. The summed E-state index contributed by atoms with van der Waals surface area (Å²) in [5.41, 5.74) is 12.2. The molecule has 0 aromatic heterocycles. The lowest BCUT2D eigenvalue weighted by Gasteiger charge is -2.15. The maximum atomic E-state index is 11.8. The summed E-state index contributed by atoms with van der Waals surface area (Å²) >= 11 is 0. The number of benzene rings is 1. The second-order valence-electron chi connectivity index (χ2n) is 4.55. The number of nitrogens with two attached hydrogens (primary N) is 2. The largest absolute Gasteiger partial charge is 0.452 e. The van der Waals surface area contributed by atoms with Crippen molar-refractivity contribution in [3.05, 3.63) is 23.8 Å². The molecule has 6 heteroatoms. The Hall–Kier alpha value is -2.24. The number of nitrogens with zero attached hydrogens (tertiary/aromatic N) is 1.